The first-order valence-electron chi connectivity index (χ1n) is 4.56. The number of aromatic nitrogens is 2. The van der Waals surface area contributed by atoms with Crippen molar-refractivity contribution in [3.8, 4) is 0 Å². The highest BCUT2D eigenvalue weighted by Crippen LogP contribution is 2.31. The molecule has 0 aromatic carbocycles. The summed E-state index contributed by atoms with van der Waals surface area (Å²) in [6.07, 6.45) is 2.79. The molecule has 2 rings (SSSR count). The van der Waals surface area contributed by atoms with Crippen molar-refractivity contribution >= 4 is 11.7 Å². The largest absolute Gasteiger partial charge is 0.475 e. The normalized spacial score (nSPS) is 20.3. The number of amides is 1. The number of rotatable bonds is 2. The summed E-state index contributed by atoms with van der Waals surface area (Å²) in [7, 11) is 0. The van der Waals surface area contributed by atoms with E-state index >= 15 is 0 Å². The summed E-state index contributed by atoms with van der Waals surface area (Å²) < 4.78 is 7.01. The van der Waals surface area contributed by atoms with Gasteiger partial charge in [-0.25, -0.2) is 4.98 Å². The smallest absolute Gasteiger partial charge is 0.271 e. The number of hydrogen-bond acceptors (Lipinski definition) is 4. The minimum Gasteiger partial charge on any atom is -0.475 e. The van der Waals surface area contributed by atoms with E-state index in [2.05, 4.69) is 11.6 Å². The molecule has 1 aliphatic rings. The summed E-state index contributed by atoms with van der Waals surface area (Å²) in [5.41, 5.74) is 10.9. The summed E-state index contributed by atoms with van der Waals surface area (Å²) in [5, 5.41) is 0. The van der Waals surface area contributed by atoms with E-state index in [1.807, 2.05) is 0 Å². The van der Waals surface area contributed by atoms with Gasteiger partial charge in [-0.2, -0.15) is 0 Å². The first-order chi connectivity index (χ1) is 7.09. The van der Waals surface area contributed by atoms with E-state index in [4.69, 9.17) is 16.2 Å². The lowest BCUT2D eigenvalue weighted by Crippen LogP contribution is -2.16. The van der Waals surface area contributed by atoms with Gasteiger partial charge in [0.15, 0.2) is 11.9 Å². The summed E-state index contributed by atoms with van der Waals surface area (Å²) >= 11 is 0. The van der Waals surface area contributed by atoms with E-state index in [9.17, 15) is 4.79 Å². The fourth-order valence-electron chi connectivity index (χ4n) is 1.58. The number of allylic oxidation sites excluding steroid dienone is 1. The number of primary amides is 1. The van der Waals surface area contributed by atoms with E-state index in [0.717, 1.165) is 12.8 Å². The van der Waals surface area contributed by atoms with Crippen molar-refractivity contribution in [2.45, 2.75) is 19.1 Å². The Hall–Kier alpha value is -1.98. The van der Waals surface area contributed by atoms with Gasteiger partial charge in [-0.15, -0.1) is 0 Å². The number of imidazole rings is 1. The molecule has 1 fully saturated rings. The Kier molecular flexibility index (Phi) is 2.11. The maximum Gasteiger partial charge on any atom is 0.271 e. The maximum absolute atomic E-state index is 10.9. The lowest BCUT2D eigenvalue weighted by molar-refractivity contribution is 0.0988. The van der Waals surface area contributed by atoms with Crippen molar-refractivity contribution in [2.24, 2.45) is 5.73 Å². The van der Waals surface area contributed by atoms with Crippen molar-refractivity contribution in [1.82, 2.24) is 9.55 Å². The summed E-state index contributed by atoms with van der Waals surface area (Å²) in [6.45, 7) is 3.71. The van der Waals surface area contributed by atoms with Crippen LogP contribution in [0.3, 0.4) is 0 Å². The Bertz CT molecular complexity index is 424. The van der Waals surface area contributed by atoms with Gasteiger partial charge < -0.3 is 16.2 Å². The number of hydrogen-bond donors (Lipinski definition) is 2. The quantitative estimate of drug-likeness (QED) is 0.734. The second-order valence-corrected chi connectivity index (χ2v) is 3.40. The van der Waals surface area contributed by atoms with Crippen molar-refractivity contribution < 1.29 is 9.53 Å². The third-order valence-electron chi connectivity index (χ3n) is 2.35. The molecule has 0 spiro atoms. The number of anilines is 1. The molecular weight excluding hydrogens is 196 g/mol. The monoisotopic (exact) mass is 208 g/mol. The van der Waals surface area contributed by atoms with E-state index in [0.29, 0.717) is 5.76 Å². The zero-order chi connectivity index (χ0) is 11.0. The Morgan fingerprint density at radius 1 is 1.73 bits per heavy atom. The molecule has 1 saturated heterocycles. The van der Waals surface area contributed by atoms with Gasteiger partial charge in [-0.05, 0) is 0 Å². The molecule has 0 bridgehead atoms. The first-order valence-corrected chi connectivity index (χ1v) is 4.56. The second-order valence-electron chi connectivity index (χ2n) is 3.40. The molecule has 0 saturated carbocycles. The molecule has 4 N–H and O–H groups in total. The van der Waals surface area contributed by atoms with E-state index < -0.39 is 5.91 Å². The fraction of sp³-hybridized carbons (Fsp3) is 0.333. The van der Waals surface area contributed by atoms with Crippen LogP contribution in [0.25, 0.3) is 0 Å². The topological polar surface area (TPSA) is 96.2 Å². The lowest BCUT2D eigenvalue weighted by Gasteiger charge is -2.13. The number of nitrogens with zero attached hydrogens (tertiary/aromatic N) is 2. The average molecular weight is 208 g/mol. The molecule has 6 heteroatoms. The average Bonchev–Trinajstić information content (AvgIpc) is 2.71. The highest BCUT2D eigenvalue weighted by molar-refractivity contribution is 5.95. The van der Waals surface area contributed by atoms with Crippen LogP contribution in [0, 0.1) is 0 Å². The molecule has 1 aromatic rings. The van der Waals surface area contributed by atoms with Crippen molar-refractivity contribution in [3.05, 3.63) is 24.4 Å². The third kappa shape index (κ3) is 1.54. The number of nitrogens with two attached hydrogens (primary N) is 2. The fourth-order valence-corrected chi connectivity index (χ4v) is 1.58. The van der Waals surface area contributed by atoms with E-state index in [1.165, 1.54) is 6.33 Å². The molecule has 1 atom stereocenters. The SMILES string of the molecule is C=C1CC[C@H](n2cnc(C(N)=O)c2N)O1. The molecule has 15 heavy (non-hydrogen) atoms. The molecule has 1 aliphatic heterocycles. The minimum atomic E-state index is -0.636. The lowest BCUT2D eigenvalue weighted by atomic mass is 10.3. The molecule has 0 aliphatic carbocycles. The minimum absolute atomic E-state index is 0.0797. The van der Waals surface area contributed by atoms with E-state index in [1.54, 1.807) is 4.57 Å². The first kappa shape index (κ1) is 9.57. The Labute approximate surface area is 86.5 Å². The number of carbonyl (C=O) groups excluding carboxylic acids is 1. The van der Waals surface area contributed by atoms with Crippen LogP contribution in [0.5, 0.6) is 0 Å². The molecule has 6 nitrogen and oxygen atoms in total. The number of ether oxygens (including phenoxy) is 1. The Balaban J connectivity index is 2.30. The summed E-state index contributed by atoms with van der Waals surface area (Å²) in [4.78, 5) is 14.8. The van der Waals surface area contributed by atoms with Crippen LogP contribution in [0.15, 0.2) is 18.7 Å². The van der Waals surface area contributed by atoms with Gasteiger partial charge in [0.25, 0.3) is 5.91 Å². The third-order valence-corrected chi connectivity index (χ3v) is 2.35. The van der Waals surface area contributed by atoms with Crippen LogP contribution in [0.2, 0.25) is 0 Å². The van der Waals surface area contributed by atoms with Crippen LogP contribution >= 0.6 is 0 Å². The zero-order valence-corrected chi connectivity index (χ0v) is 8.14. The molecule has 80 valence electrons. The van der Waals surface area contributed by atoms with Gasteiger partial charge in [-0.3, -0.25) is 9.36 Å². The van der Waals surface area contributed by atoms with Gasteiger partial charge in [0, 0.05) is 12.8 Å². The number of nitrogen functional groups attached to an aromatic ring is 1. The van der Waals surface area contributed by atoms with Gasteiger partial charge in [0.05, 0.1) is 5.76 Å². The predicted molar refractivity (Wildman–Crippen MR) is 53.7 cm³/mol. The highest BCUT2D eigenvalue weighted by Gasteiger charge is 2.24. The van der Waals surface area contributed by atoms with Gasteiger partial charge >= 0.3 is 0 Å². The van der Waals surface area contributed by atoms with Gasteiger partial charge in [0.1, 0.15) is 12.1 Å². The zero-order valence-electron chi connectivity index (χ0n) is 8.14. The Morgan fingerprint density at radius 2 is 2.47 bits per heavy atom. The van der Waals surface area contributed by atoms with Crippen molar-refractivity contribution in [2.75, 3.05) is 5.73 Å². The number of carbonyl (C=O) groups is 1. The predicted octanol–water partition coefficient (Wildman–Crippen LogP) is 0.387. The summed E-state index contributed by atoms with van der Waals surface area (Å²) in [5.74, 6) is 0.319. The van der Waals surface area contributed by atoms with Crippen LogP contribution in [-0.2, 0) is 4.74 Å². The van der Waals surface area contributed by atoms with Gasteiger partial charge in [-0.1, -0.05) is 6.58 Å². The molecule has 0 unspecified atom stereocenters. The van der Waals surface area contributed by atoms with Crippen molar-refractivity contribution in [3.63, 3.8) is 0 Å². The van der Waals surface area contributed by atoms with Crippen molar-refractivity contribution in [1.29, 1.82) is 0 Å². The van der Waals surface area contributed by atoms with Crippen LogP contribution in [0.4, 0.5) is 5.82 Å². The maximum atomic E-state index is 10.9. The summed E-state index contributed by atoms with van der Waals surface area (Å²) in [6, 6.07) is 0. The standard InChI is InChI=1S/C9H12N4O2/c1-5-2-3-6(15-5)13-4-12-7(8(13)10)9(11)14/h4,6H,1-3,10H2,(H2,11,14)/t6-/m1/s1. The molecule has 1 aromatic heterocycles. The molecule has 2 heterocycles. The molecule has 1 amide bonds. The second kappa shape index (κ2) is 3.30. The Morgan fingerprint density at radius 3 is 2.93 bits per heavy atom. The van der Waals surface area contributed by atoms with Crippen LogP contribution in [-0.4, -0.2) is 15.5 Å². The highest BCUT2D eigenvalue weighted by atomic mass is 16.5. The molecule has 0 radical (unpaired) electrons. The van der Waals surface area contributed by atoms with Gasteiger partial charge in [0.2, 0.25) is 0 Å². The van der Waals surface area contributed by atoms with E-state index in [-0.39, 0.29) is 17.7 Å². The molecular formula is C9H12N4O2. The van der Waals surface area contributed by atoms with Crippen LogP contribution < -0.4 is 11.5 Å². The van der Waals surface area contributed by atoms with Crippen LogP contribution in [0.1, 0.15) is 29.6 Å².